The van der Waals surface area contributed by atoms with Gasteiger partial charge in [-0.3, -0.25) is 4.79 Å². The zero-order chi connectivity index (χ0) is 15.7. The summed E-state index contributed by atoms with van der Waals surface area (Å²) < 4.78 is 26.8. The second kappa shape index (κ2) is 5.54. The van der Waals surface area contributed by atoms with Gasteiger partial charge in [0.05, 0.1) is 4.90 Å². The fraction of sp³-hybridized carbons (Fsp3) is 0.500. The van der Waals surface area contributed by atoms with Crippen LogP contribution in [0.1, 0.15) is 31.9 Å². The molecule has 0 spiro atoms. The standard InChI is InChI=1S/C14H21NO4S/c1-9-6-7-11(8-10(9)2)20(18,19)15-12(13(16)17)14(3,4)5/h6-8,12,15H,1-5H3,(H,16,17)/t12-/m0/s1. The number of hydrogen-bond acceptors (Lipinski definition) is 3. The number of sulfonamides is 1. The number of aryl methyl sites for hydroxylation is 2. The Morgan fingerprint density at radius 1 is 1.20 bits per heavy atom. The highest BCUT2D eigenvalue weighted by Crippen LogP contribution is 2.22. The fourth-order valence-corrected chi connectivity index (χ4v) is 3.18. The van der Waals surface area contributed by atoms with Crippen molar-refractivity contribution in [3.63, 3.8) is 0 Å². The van der Waals surface area contributed by atoms with Gasteiger partial charge in [-0.1, -0.05) is 26.8 Å². The highest BCUT2D eigenvalue weighted by molar-refractivity contribution is 7.89. The predicted octanol–water partition coefficient (Wildman–Crippen LogP) is 2.08. The SMILES string of the molecule is Cc1ccc(S(=O)(=O)N[C@@H](C(=O)O)C(C)(C)C)cc1C. The minimum atomic E-state index is -3.86. The molecule has 1 aromatic carbocycles. The Bertz CT molecular complexity index is 615. The molecule has 2 N–H and O–H groups in total. The summed E-state index contributed by atoms with van der Waals surface area (Å²) >= 11 is 0. The molecule has 20 heavy (non-hydrogen) atoms. The van der Waals surface area contributed by atoms with Gasteiger partial charge in [0.15, 0.2) is 0 Å². The van der Waals surface area contributed by atoms with Gasteiger partial charge in [0.1, 0.15) is 6.04 Å². The van der Waals surface area contributed by atoms with Gasteiger partial charge in [-0.25, -0.2) is 8.42 Å². The Labute approximate surface area is 120 Å². The Hall–Kier alpha value is -1.40. The van der Waals surface area contributed by atoms with Crippen LogP contribution in [-0.4, -0.2) is 25.5 Å². The third-order valence-electron chi connectivity index (χ3n) is 3.17. The van der Waals surface area contributed by atoms with Crippen molar-refractivity contribution in [1.29, 1.82) is 0 Å². The molecule has 1 atom stereocenters. The summed E-state index contributed by atoms with van der Waals surface area (Å²) in [6.45, 7) is 8.72. The van der Waals surface area contributed by atoms with E-state index in [1.165, 1.54) is 6.07 Å². The molecule has 0 saturated carbocycles. The van der Waals surface area contributed by atoms with Crippen LogP contribution in [0.3, 0.4) is 0 Å². The van der Waals surface area contributed by atoms with Crippen LogP contribution in [0.15, 0.2) is 23.1 Å². The first-order valence-electron chi connectivity index (χ1n) is 6.27. The summed E-state index contributed by atoms with van der Waals surface area (Å²) in [6, 6.07) is 3.54. The lowest BCUT2D eigenvalue weighted by molar-refractivity contribution is -0.141. The molecule has 1 aromatic rings. The van der Waals surface area contributed by atoms with E-state index in [2.05, 4.69) is 4.72 Å². The van der Waals surface area contributed by atoms with E-state index in [4.69, 9.17) is 0 Å². The van der Waals surface area contributed by atoms with Gasteiger partial charge >= 0.3 is 5.97 Å². The Balaban J connectivity index is 3.16. The van der Waals surface area contributed by atoms with E-state index >= 15 is 0 Å². The number of aliphatic carboxylic acids is 1. The zero-order valence-electron chi connectivity index (χ0n) is 12.4. The van der Waals surface area contributed by atoms with Crippen LogP contribution in [0.25, 0.3) is 0 Å². The predicted molar refractivity (Wildman–Crippen MR) is 77.1 cm³/mol. The molecule has 0 radical (unpaired) electrons. The number of nitrogens with one attached hydrogen (secondary N) is 1. The van der Waals surface area contributed by atoms with E-state index in [1.807, 2.05) is 13.8 Å². The molecule has 0 saturated heterocycles. The third kappa shape index (κ3) is 3.80. The Morgan fingerprint density at radius 3 is 2.15 bits per heavy atom. The first-order valence-corrected chi connectivity index (χ1v) is 7.76. The van der Waals surface area contributed by atoms with E-state index in [0.29, 0.717) is 0 Å². The zero-order valence-corrected chi connectivity index (χ0v) is 13.2. The minimum Gasteiger partial charge on any atom is -0.480 e. The lowest BCUT2D eigenvalue weighted by Gasteiger charge is -2.27. The first kappa shape index (κ1) is 16.7. The van der Waals surface area contributed by atoms with Crippen molar-refractivity contribution in [3.05, 3.63) is 29.3 Å². The van der Waals surface area contributed by atoms with Crippen molar-refractivity contribution in [2.24, 2.45) is 5.41 Å². The number of rotatable bonds is 4. The first-order chi connectivity index (χ1) is 8.95. The normalized spacial score (nSPS) is 14.1. The Kier molecular flexibility index (Phi) is 4.61. The summed E-state index contributed by atoms with van der Waals surface area (Å²) in [6.07, 6.45) is 0. The van der Waals surface area contributed by atoms with Gasteiger partial charge < -0.3 is 5.11 Å². The number of hydrogen-bond donors (Lipinski definition) is 2. The van der Waals surface area contributed by atoms with Crippen LogP contribution in [-0.2, 0) is 14.8 Å². The molecule has 112 valence electrons. The molecule has 0 aliphatic carbocycles. The van der Waals surface area contributed by atoms with E-state index in [1.54, 1.807) is 32.9 Å². The van der Waals surface area contributed by atoms with E-state index in [9.17, 15) is 18.3 Å². The molecular formula is C14H21NO4S. The molecule has 0 aromatic heterocycles. The van der Waals surface area contributed by atoms with Crippen molar-refractivity contribution < 1.29 is 18.3 Å². The highest BCUT2D eigenvalue weighted by atomic mass is 32.2. The number of carboxylic acid groups (broad SMARTS) is 1. The molecule has 0 bridgehead atoms. The second-order valence-corrected chi connectivity index (χ2v) is 7.72. The van der Waals surface area contributed by atoms with Crippen molar-refractivity contribution in [2.75, 3.05) is 0 Å². The molecule has 6 heteroatoms. The van der Waals surface area contributed by atoms with Crippen molar-refractivity contribution in [3.8, 4) is 0 Å². The smallest absolute Gasteiger partial charge is 0.322 e. The van der Waals surface area contributed by atoms with Crippen molar-refractivity contribution >= 4 is 16.0 Å². The van der Waals surface area contributed by atoms with Gasteiger partial charge in [0, 0.05) is 0 Å². The van der Waals surface area contributed by atoms with Gasteiger partial charge in [-0.15, -0.1) is 0 Å². The van der Waals surface area contributed by atoms with Crippen LogP contribution >= 0.6 is 0 Å². The van der Waals surface area contributed by atoms with Crippen molar-refractivity contribution in [1.82, 2.24) is 4.72 Å². The van der Waals surface area contributed by atoms with Crippen LogP contribution in [0.5, 0.6) is 0 Å². The molecular weight excluding hydrogens is 278 g/mol. The summed E-state index contributed by atoms with van der Waals surface area (Å²) in [5.41, 5.74) is 1.10. The summed E-state index contributed by atoms with van der Waals surface area (Å²) in [4.78, 5) is 11.3. The summed E-state index contributed by atoms with van der Waals surface area (Å²) in [5.74, 6) is -1.19. The number of carbonyl (C=O) groups is 1. The third-order valence-corrected chi connectivity index (χ3v) is 4.60. The maximum absolute atomic E-state index is 12.3. The minimum absolute atomic E-state index is 0.0797. The van der Waals surface area contributed by atoms with Gasteiger partial charge in [0.2, 0.25) is 10.0 Å². The van der Waals surface area contributed by atoms with Gasteiger partial charge in [-0.05, 0) is 42.5 Å². The molecule has 0 unspecified atom stereocenters. The van der Waals surface area contributed by atoms with Gasteiger partial charge in [-0.2, -0.15) is 4.72 Å². The molecule has 0 aliphatic heterocycles. The summed E-state index contributed by atoms with van der Waals surface area (Å²) in [7, 11) is -3.86. The van der Waals surface area contributed by atoms with E-state index in [-0.39, 0.29) is 4.90 Å². The van der Waals surface area contributed by atoms with Crippen LogP contribution in [0, 0.1) is 19.3 Å². The maximum Gasteiger partial charge on any atom is 0.322 e. The molecule has 0 amide bonds. The molecule has 5 nitrogen and oxygen atoms in total. The second-order valence-electron chi connectivity index (χ2n) is 6.00. The van der Waals surface area contributed by atoms with E-state index in [0.717, 1.165) is 11.1 Å². The maximum atomic E-state index is 12.3. The quantitative estimate of drug-likeness (QED) is 0.891. The molecule has 0 aliphatic rings. The Morgan fingerprint density at radius 2 is 1.75 bits per heavy atom. The highest BCUT2D eigenvalue weighted by Gasteiger charge is 2.35. The lowest BCUT2D eigenvalue weighted by atomic mass is 9.88. The van der Waals surface area contributed by atoms with Crippen LogP contribution < -0.4 is 4.72 Å². The fourth-order valence-electron chi connectivity index (χ4n) is 1.70. The molecule has 0 fully saturated rings. The number of benzene rings is 1. The molecule has 0 heterocycles. The average molecular weight is 299 g/mol. The number of carboxylic acids is 1. The van der Waals surface area contributed by atoms with Crippen LogP contribution in [0.2, 0.25) is 0 Å². The van der Waals surface area contributed by atoms with Crippen LogP contribution in [0.4, 0.5) is 0 Å². The lowest BCUT2D eigenvalue weighted by Crippen LogP contribution is -2.48. The summed E-state index contributed by atoms with van der Waals surface area (Å²) in [5, 5.41) is 9.19. The topological polar surface area (TPSA) is 83.5 Å². The monoisotopic (exact) mass is 299 g/mol. The van der Waals surface area contributed by atoms with Crippen molar-refractivity contribution in [2.45, 2.75) is 45.6 Å². The van der Waals surface area contributed by atoms with E-state index < -0.39 is 27.4 Å². The molecule has 1 rings (SSSR count). The van der Waals surface area contributed by atoms with Gasteiger partial charge in [0.25, 0.3) is 0 Å². The largest absolute Gasteiger partial charge is 0.480 e. The average Bonchev–Trinajstić information content (AvgIpc) is 2.27.